The monoisotopic (exact) mass is 265 g/mol. The van der Waals surface area contributed by atoms with Gasteiger partial charge in [-0.1, -0.05) is 12.2 Å². The Balaban J connectivity index is 2.95. The van der Waals surface area contributed by atoms with Gasteiger partial charge >= 0.3 is 11.7 Å². The highest BCUT2D eigenvalue weighted by atomic mass is 16.6. The third-order valence-electron chi connectivity index (χ3n) is 2.30. The average Bonchev–Trinajstić information content (AvgIpc) is 2.42. The number of nitrogens with zero attached hydrogens (tertiary/aromatic N) is 2. The standard InChI is InChI=1S/C12H15N3O4/c1-3-4-5-8-13-11-10(15(17)18)7-6-9(14-11)12(16)19-2/h3-4,6-7H,5,8H2,1-2H3,(H,13,14)/b4-3+. The summed E-state index contributed by atoms with van der Waals surface area (Å²) in [6, 6.07) is 2.50. The number of pyridine rings is 1. The lowest BCUT2D eigenvalue weighted by Gasteiger charge is -2.06. The van der Waals surface area contributed by atoms with Gasteiger partial charge in [-0.15, -0.1) is 0 Å². The zero-order valence-electron chi connectivity index (χ0n) is 10.8. The molecule has 0 saturated carbocycles. The van der Waals surface area contributed by atoms with Crippen molar-refractivity contribution >= 4 is 17.5 Å². The SMILES string of the molecule is C/C=C/CCNc1nc(C(=O)OC)ccc1[N+](=O)[O-]. The second kappa shape index (κ2) is 7.10. The predicted octanol–water partition coefficient (Wildman–Crippen LogP) is 2.15. The Morgan fingerprint density at radius 3 is 2.89 bits per heavy atom. The third-order valence-corrected chi connectivity index (χ3v) is 2.30. The summed E-state index contributed by atoms with van der Waals surface area (Å²) >= 11 is 0. The van der Waals surface area contributed by atoms with Crippen molar-refractivity contribution in [3.05, 3.63) is 40.1 Å². The number of carbonyl (C=O) groups is 1. The molecule has 1 rings (SSSR count). The average molecular weight is 265 g/mol. The van der Waals surface area contributed by atoms with Crippen LogP contribution in [0.5, 0.6) is 0 Å². The molecule has 1 N–H and O–H groups in total. The molecule has 7 nitrogen and oxygen atoms in total. The highest BCUT2D eigenvalue weighted by Crippen LogP contribution is 2.22. The van der Waals surface area contributed by atoms with Crippen molar-refractivity contribution in [3.8, 4) is 0 Å². The molecule has 0 unspecified atom stereocenters. The number of ether oxygens (including phenoxy) is 1. The first kappa shape index (κ1) is 14.6. The molecular formula is C12H15N3O4. The number of nitrogens with one attached hydrogen (secondary N) is 1. The molecule has 0 aliphatic rings. The fourth-order valence-electron chi connectivity index (χ4n) is 1.39. The minimum Gasteiger partial charge on any atom is -0.464 e. The van der Waals surface area contributed by atoms with E-state index in [0.717, 1.165) is 0 Å². The number of hydrogen-bond donors (Lipinski definition) is 1. The van der Waals surface area contributed by atoms with E-state index in [1.54, 1.807) is 0 Å². The van der Waals surface area contributed by atoms with E-state index >= 15 is 0 Å². The minimum atomic E-state index is -0.633. The number of hydrogen-bond acceptors (Lipinski definition) is 6. The van der Waals surface area contributed by atoms with Crippen LogP contribution in [0.1, 0.15) is 23.8 Å². The summed E-state index contributed by atoms with van der Waals surface area (Å²) in [5.41, 5.74) is -0.144. The van der Waals surface area contributed by atoms with Crippen LogP contribution in [0.2, 0.25) is 0 Å². The number of nitro groups is 1. The molecule has 0 radical (unpaired) electrons. The molecule has 1 heterocycles. The highest BCUT2D eigenvalue weighted by molar-refractivity contribution is 5.88. The van der Waals surface area contributed by atoms with Crippen LogP contribution in [0.25, 0.3) is 0 Å². The Bertz CT molecular complexity index is 500. The van der Waals surface area contributed by atoms with Gasteiger partial charge in [0.25, 0.3) is 0 Å². The second-order valence-electron chi connectivity index (χ2n) is 3.60. The van der Waals surface area contributed by atoms with Gasteiger partial charge in [0.1, 0.15) is 0 Å². The minimum absolute atomic E-state index is 0.0293. The Morgan fingerprint density at radius 2 is 2.32 bits per heavy atom. The van der Waals surface area contributed by atoms with Crippen LogP contribution in [0.4, 0.5) is 11.5 Å². The van der Waals surface area contributed by atoms with Crippen LogP contribution in [-0.4, -0.2) is 29.5 Å². The topological polar surface area (TPSA) is 94.4 Å². The lowest BCUT2D eigenvalue weighted by atomic mass is 10.3. The van der Waals surface area contributed by atoms with Crippen molar-refractivity contribution in [1.29, 1.82) is 0 Å². The Morgan fingerprint density at radius 1 is 1.58 bits per heavy atom. The number of aromatic nitrogens is 1. The highest BCUT2D eigenvalue weighted by Gasteiger charge is 2.18. The normalized spacial score (nSPS) is 10.4. The maximum absolute atomic E-state index is 11.3. The van der Waals surface area contributed by atoms with Crippen molar-refractivity contribution in [2.24, 2.45) is 0 Å². The van der Waals surface area contributed by atoms with E-state index < -0.39 is 10.9 Å². The molecule has 0 saturated heterocycles. The summed E-state index contributed by atoms with van der Waals surface area (Å²) in [6.45, 7) is 2.38. The molecule has 0 aliphatic carbocycles. The van der Waals surface area contributed by atoms with Crippen LogP contribution in [0.3, 0.4) is 0 Å². The molecule has 19 heavy (non-hydrogen) atoms. The molecular weight excluding hydrogens is 250 g/mol. The fraction of sp³-hybridized carbons (Fsp3) is 0.333. The molecule has 1 aromatic rings. The van der Waals surface area contributed by atoms with E-state index in [2.05, 4.69) is 15.0 Å². The smallest absolute Gasteiger partial charge is 0.356 e. The van der Waals surface area contributed by atoms with Gasteiger partial charge in [-0.25, -0.2) is 9.78 Å². The molecule has 7 heteroatoms. The molecule has 0 spiro atoms. The zero-order valence-corrected chi connectivity index (χ0v) is 10.8. The van der Waals surface area contributed by atoms with E-state index in [-0.39, 0.29) is 17.2 Å². The maximum atomic E-state index is 11.3. The summed E-state index contributed by atoms with van der Waals surface area (Å²) in [4.78, 5) is 25.5. The third kappa shape index (κ3) is 4.06. The van der Waals surface area contributed by atoms with Gasteiger partial charge in [-0.3, -0.25) is 10.1 Å². The molecule has 102 valence electrons. The second-order valence-corrected chi connectivity index (χ2v) is 3.60. The van der Waals surface area contributed by atoms with E-state index in [1.165, 1.54) is 19.2 Å². The summed E-state index contributed by atoms with van der Waals surface area (Å²) in [7, 11) is 1.23. The summed E-state index contributed by atoms with van der Waals surface area (Å²) < 4.78 is 4.52. The molecule has 0 aromatic carbocycles. The first-order valence-electron chi connectivity index (χ1n) is 5.69. The summed E-state index contributed by atoms with van der Waals surface area (Å²) in [5, 5.41) is 13.7. The van der Waals surface area contributed by atoms with Crippen LogP contribution in [0.15, 0.2) is 24.3 Å². The van der Waals surface area contributed by atoms with Crippen LogP contribution in [0, 0.1) is 10.1 Å². The van der Waals surface area contributed by atoms with Crippen molar-refractivity contribution in [1.82, 2.24) is 4.98 Å². The Kier molecular flexibility index (Phi) is 5.46. The van der Waals surface area contributed by atoms with Gasteiger partial charge in [0, 0.05) is 12.6 Å². The number of allylic oxidation sites excluding steroid dienone is 1. The fourth-order valence-corrected chi connectivity index (χ4v) is 1.39. The number of methoxy groups -OCH3 is 1. The van der Waals surface area contributed by atoms with Gasteiger partial charge in [0.05, 0.1) is 12.0 Å². The molecule has 1 aromatic heterocycles. The first-order chi connectivity index (χ1) is 9.10. The van der Waals surface area contributed by atoms with Crippen LogP contribution >= 0.6 is 0 Å². The van der Waals surface area contributed by atoms with Crippen LogP contribution < -0.4 is 5.32 Å². The van der Waals surface area contributed by atoms with E-state index in [4.69, 9.17) is 0 Å². The molecule has 0 amide bonds. The zero-order chi connectivity index (χ0) is 14.3. The summed E-state index contributed by atoms with van der Waals surface area (Å²) in [5.74, 6) is -0.566. The van der Waals surface area contributed by atoms with E-state index in [9.17, 15) is 14.9 Å². The Hall–Kier alpha value is -2.44. The molecule has 0 atom stereocenters. The summed E-state index contributed by atoms with van der Waals surface area (Å²) in [6.07, 6.45) is 4.51. The van der Waals surface area contributed by atoms with Gasteiger partial charge in [-0.05, 0) is 19.4 Å². The number of carbonyl (C=O) groups excluding carboxylic acids is 1. The van der Waals surface area contributed by atoms with Gasteiger partial charge in [0.15, 0.2) is 5.69 Å². The van der Waals surface area contributed by atoms with Crippen molar-refractivity contribution in [2.75, 3.05) is 19.0 Å². The van der Waals surface area contributed by atoms with E-state index in [1.807, 2.05) is 19.1 Å². The van der Waals surface area contributed by atoms with Gasteiger partial charge in [0.2, 0.25) is 5.82 Å². The maximum Gasteiger partial charge on any atom is 0.356 e. The first-order valence-corrected chi connectivity index (χ1v) is 5.69. The quantitative estimate of drug-likeness (QED) is 0.278. The van der Waals surface area contributed by atoms with Crippen molar-refractivity contribution in [2.45, 2.75) is 13.3 Å². The van der Waals surface area contributed by atoms with E-state index in [0.29, 0.717) is 13.0 Å². The van der Waals surface area contributed by atoms with Gasteiger partial charge in [-0.2, -0.15) is 0 Å². The molecule has 0 bridgehead atoms. The number of esters is 1. The molecule has 0 aliphatic heterocycles. The number of rotatable bonds is 6. The lowest BCUT2D eigenvalue weighted by Crippen LogP contribution is -2.10. The lowest BCUT2D eigenvalue weighted by molar-refractivity contribution is -0.384. The van der Waals surface area contributed by atoms with Crippen LogP contribution in [-0.2, 0) is 4.74 Å². The predicted molar refractivity (Wildman–Crippen MR) is 70.2 cm³/mol. The van der Waals surface area contributed by atoms with Crippen molar-refractivity contribution < 1.29 is 14.5 Å². The largest absolute Gasteiger partial charge is 0.464 e. The van der Waals surface area contributed by atoms with Gasteiger partial charge < -0.3 is 10.1 Å². The Labute approximate surface area is 110 Å². The molecule has 0 fully saturated rings. The van der Waals surface area contributed by atoms with Crippen molar-refractivity contribution in [3.63, 3.8) is 0 Å². The number of anilines is 1.